The number of halogens is 5. The van der Waals surface area contributed by atoms with Crippen molar-refractivity contribution in [3.63, 3.8) is 0 Å². The summed E-state index contributed by atoms with van der Waals surface area (Å²) in [5, 5.41) is 19.0. The average molecular weight is 364 g/mol. The van der Waals surface area contributed by atoms with Gasteiger partial charge in [0.15, 0.2) is 0 Å². The number of rotatable bonds is 3. The monoisotopic (exact) mass is 364 g/mol. The minimum Gasteiger partial charge on any atom is -0.423 e. The Bertz CT molecular complexity index is 625. The van der Waals surface area contributed by atoms with Gasteiger partial charge in [-0.15, -0.1) is 0 Å². The van der Waals surface area contributed by atoms with E-state index >= 15 is 0 Å². The van der Waals surface area contributed by atoms with E-state index in [1.165, 1.54) is 6.20 Å². The quantitative estimate of drug-likeness (QED) is 0.639. The zero-order valence-electron chi connectivity index (χ0n) is 13.3. The van der Waals surface area contributed by atoms with E-state index in [1.807, 2.05) is 0 Å². The Morgan fingerprint density at radius 2 is 1.64 bits per heavy atom. The van der Waals surface area contributed by atoms with Gasteiger partial charge in [0, 0.05) is 42.0 Å². The Labute approximate surface area is 141 Å². The fraction of sp³-hybridized carbons (Fsp3) is 0.733. The molecule has 0 unspecified atom stereocenters. The predicted molar refractivity (Wildman–Crippen MR) is 79.5 cm³/mol. The lowest BCUT2D eigenvalue weighted by Gasteiger charge is -2.35. The van der Waals surface area contributed by atoms with Gasteiger partial charge in [-0.3, -0.25) is 0 Å². The summed E-state index contributed by atoms with van der Waals surface area (Å²) in [6.07, 6.45) is -3.48. The van der Waals surface area contributed by atoms with Crippen LogP contribution in [0.15, 0.2) is 6.20 Å². The van der Waals surface area contributed by atoms with Gasteiger partial charge in [0.05, 0.1) is 5.92 Å². The molecule has 0 bridgehead atoms. The molecule has 2 aliphatic rings. The molecule has 1 heterocycles. The number of nitrogens with zero attached hydrogens (tertiary/aromatic N) is 2. The molecule has 0 spiro atoms. The highest BCUT2D eigenvalue weighted by molar-refractivity contribution is 6.59. The van der Waals surface area contributed by atoms with Crippen molar-refractivity contribution in [1.29, 1.82) is 0 Å². The Morgan fingerprint density at radius 1 is 1.04 bits per heavy atom. The molecule has 0 amide bonds. The van der Waals surface area contributed by atoms with Gasteiger partial charge in [-0.1, -0.05) is 0 Å². The predicted octanol–water partition coefficient (Wildman–Crippen LogP) is 2.51. The summed E-state index contributed by atoms with van der Waals surface area (Å²) in [7, 11) is -1.85. The van der Waals surface area contributed by atoms with E-state index in [4.69, 9.17) is 0 Å². The molecule has 0 atom stereocenters. The summed E-state index contributed by atoms with van der Waals surface area (Å²) in [5.41, 5.74) is 0.307. The molecule has 2 saturated carbocycles. The van der Waals surface area contributed by atoms with Gasteiger partial charge >= 0.3 is 13.3 Å². The molecular weight excluding hydrogens is 346 g/mol. The van der Waals surface area contributed by atoms with E-state index in [0.29, 0.717) is 0 Å². The molecule has 4 nitrogen and oxygen atoms in total. The minimum absolute atomic E-state index is 0.0327. The lowest BCUT2D eigenvalue weighted by Crippen LogP contribution is -2.39. The second kappa shape index (κ2) is 6.46. The Balaban J connectivity index is 1.79. The number of alkyl halides is 5. The summed E-state index contributed by atoms with van der Waals surface area (Å²) < 4.78 is 64.5. The van der Waals surface area contributed by atoms with Crippen molar-refractivity contribution in [2.24, 2.45) is 5.92 Å². The molecule has 138 valence electrons. The van der Waals surface area contributed by atoms with Crippen molar-refractivity contribution >= 4 is 12.6 Å². The smallest absolute Gasteiger partial charge is 0.423 e. The topological polar surface area (TPSA) is 66.2 Å². The van der Waals surface area contributed by atoms with Crippen LogP contribution in [0.4, 0.5) is 22.0 Å². The van der Waals surface area contributed by atoms with Crippen LogP contribution in [0.1, 0.15) is 61.9 Å². The van der Waals surface area contributed by atoms with Crippen molar-refractivity contribution in [3.8, 4) is 0 Å². The second-order valence-corrected chi connectivity index (χ2v) is 6.99. The Morgan fingerprint density at radius 3 is 2.12 bits per heavy atom. The molecular formula is C15H18BF5N2O2. The van der Waals surface area contributed by atoms with Crippen LogP contribution < -0.4 is 5.46 Å². The van der Waals surface area contributed by atoms with E-state index in [9.17, 15) is 32.0 Å². The molecule has 1 aromatic heterocycles. The van der Waals surface area contributed by atoms with Crippen LogP contribution in [0.2, 0.25) is 0 Å². The first-order valence-electron chi connectivity index (χ1n) is 8.24. The van der Waals surface area contributed by atoms with E-state index < -0.39 is 31.1 Å². The zero-order valence-corrected chi connectivity index (χ0v) is 13.3. The normalized spacial score (nSPS) is 27.0. The summed E-state index contributed by atoms with van der Waals surface area (Å²) in [5.74, 6) is -4.78. The van der Waals surface area contributed by atoms with Crippen LogP contribution in [-0.4, -0.2) is 39.2 Å². The van der Waals surface area contributed by atoms with E-state index in [0.717, 1.165) is 0 Å². The number of hydrogen-bond donors (Lipinski definition) is 2. The SMILES string of the molecule is OB(O)c1cnc(C2CC(F)(F)C2)nc1[C@H]1CC[C@H](C(F)(F)F)CC1. The van der Waals surface area contributed by atoms with Crippen molar-refractivity contribution < 1.29 is 32.0 Å². The molecule has 10 heteroatoms. The van der Waals surface area contributed by atoms with E-state index in [1.54, 1.807) is 0 Å². The summed E-state index contributed by atoms with van der Waals surface area (Å²) in [6, 6.07) is 0. The molecule has 25 heavy (non-hydrogen) atoms. The first-order valence-corrected chi connectivity index (χ1v) is 8.24. The minimum atomic E-state index is -4.24. The lowest BCUT2D eigenvalue weighted by atomic mass is 9.72. The molecule has 3 rings (SSSR count). The van der Waals surface area contributed by atoms with Crippen LogP contribution in [0, 0.1) is 5.92 Å². The third-order valence-corrected chi connectivity index (χ3v) is 5.18. The first kappa shape index (κ1) is 18.5. The standard InChI is InChI=1S/C15H18BF5N2O2/c17-14(18)5-9(6-14)13-22-7-11(16(24)25)12(23-13)8-1-3-10(4-2-8)15(19,20)21/h7-10,24-25H,1-6H2/t8-,10-. The van der Waals surface area contributed by atoms with E-state index in [-0.39, 0.29) is 61.4 Å². The van der Waals surface area contributed by atoms with Gasteiger partial charge in [-0.05, 0) is 25.7 Å². The molecule has 0 radical (unpaired) electrons. The fourth-order valence-corrected chi connectivity index (χ4v) is 3.68. The average Bonchev–Trinajstić information content (AvgIpc) is 2.51. The van der Waals surface area contributed by atoms with Crippen LogP contribution in [0.25, 0.3) is 0 Å². The molecule has 0 aliphatic heterocycles. The molecule has 0 aromatic carbocycles. The van der Waals surface area contributed by atoms with Crippen molar-refractivity contribution in [2.75, 3.05) is 0 Å². The third-order valence-electron chi connectivity index (χ3n) is 5.18. The molecule has 2 aliphatic carbocycles. The highest BCUT2D eigenvalue weighted by Crippen LogP contribution is 2.47. The lowest BCUT2D eigenvalue weighted by molar-refractivity contribution is -0.182. The highest BCUT2D eigenvalue weighted by atomic mass is 19.4. The van der Waals surface area contributed by atoms with Crippen LogP contribution in [0.3, 0.4) is 0 Å². The van der Waals surface area contributed by atoms with Crippen LogP contribution in [-0.2, 0) is 0 Å². The zero-order chi connectivity index (χ0) is 18.4. The maximum Gasteiger partial charge on any atom is 0.491 e. The second-order valence-electron chi connectivity index (χ2n) is 6.99. The van der Waals surface area contributed by atoms with Gasteiger partial charge in [0.25, 0.3) is 0 Å². The van der Waals surface area contributed by atoms with E-state index in [2.05, 4.69) is 9.97 Å². The number of aromatic nitrogens is 2. The molecule has 1 aromatic rings. The Hall–Kier alpha value is -1.29. The van der Waals surface area contributed by atoms with Gasteiger partial charge in [-0.25, -0.2) is 18.7 Å². The van der Waals surface area contributed by atoms with Gasteiger partial charge < -0.3 is 10.0 Å². The van der Waals surface area contributed by atoms with Crippen molar-refractivity contribution in [3.05, 3.63) is 17.7 Å². The maximum atomic E-state index is 13.0. The molecule has 2 N–H and O–H groups in total. The van der Waals surface area contributed by atoms with Crippen molar-refractivity contribution in [2.45, 2.75) is 62.5 Å². The third kappa shape index (κ3) is 3.94. The van der Waals surface area contributed by atoms with Gasteiger partial charge in [0.2, 0.25) is 5.92 Å². The summed E-state index contributed by atoms with van der Waals surface area (Å²) in [6.45, 7) is 0. The molecule has 2 fully saturated rings. The van der Waals surface area contributed by atoms with Gasteiger partial charge in [-0.2, -0.15) is 13.2 Å². The van der Waals surface area contributed by atoms with Crippen LogP contribution in [0.5, 0.6) is 0 Å². The summed E-state index contributed by atoms with van der Waals surface area (Å²) >= 11 is 0. The molecule has 0 saturated heterocycles. The number of hydrogen-bond acceptors (Lipinski definition) is 4. The maximum absolute atomic E-state index is 13.0. The highest BCUT2D eigenvalue weighted by Gasteiger charge is 2.48. The van der Waals surface area contributed by atoms with Crippen LogP contribution >= 0.6 is 0 Å². The van der Waals surface area contributed by atoms with Gasteiger partial charge in [0.1, 0.15) is 5.82 Å². The van der Waals surface area contributed by atoms with Crippen molar-refractivity contribution in [1.82, 2.24) is 9.97 Å². The summed E-state index contributed by atoms with van der Waals surface area (Å²) in [4.78, 5) is 8.20. The first-order chi connectivity index (χ1) is 11.6. The largest absolute Gasteiger partial charge is 0.491 e. The Kier molecular flexibility index (Phi) is 4.78. The fourth-order valence-electron chi connectivity index (χ4n) is 3.68.